The molecule has 0 aliphatic rings. The molecule has 3 nitrogen and oxygen atoms in total. The SMILES string of the molecule is Cc1cccc(CN(C)CCC(C)(C)CN)n1. The van der Waals surface area contributed by atoms with Gasteiger partial charge in [-0.15, -0.1) is 0 Å². The van der Waals surface area contributed by atoms with E-state index in [1.165, 1.54) is 0 Å². The molecule has 0 spiro atoms. The van der Waals surface area contributed by atoms with Gasteiger partial charge >= 0.3 is 0 Å². The Kier molecular flexibility index (Phi) is 5.09. The lowest BCUT2D eigenvalue weighted by Crippen LogP contribution is -2.29. The summed E-state index contributed by atoms with van der Waals surface area (Å²) >= 11 is 0. The summed E-state index contributed by atoms with van der Waals surface area (Å²) in [4.78, 5) is 6.82. The number of nitrogens with two attached hydrogens (primary N) is 1. The molecule has 0 aliphatic heterocycles. The van der Waals surface area contributed by atoms with E-state index in [2.05, 4.69) is 42.9 Å². The van der Waals surface area contributed by atoms with E-state index in [9.17, 15) is 0 Å². The van der Waals surface area contributed by atoms with Gasteiger partial charge in [-0.1, -0.05) is 19.9 Å². The van der Waals surface area contributed by atoms with Crippen molar-refractivity contribution in [1.82, 2.24) is 9.88 Å². The van der Waals surface area contributed by atoms with Gasteiger partial charge in [-0.2, -0.15) is 0 Å². The molecule has 0 saturated carbocycles. The van der Waals surface area contributed by atoms with Gasteiger partial charge in [0.2, 0.25) is 0 Å². The predicted molar refractivity (Wildman–Crippen MR) is 72.8 cm³/mol. The highest BCUT2D eigenvalue weighted by atomic mass is 15.1. The van der Waals surface area contributed by atoms with E-state index in [4.69, 9.17) is 5.73 Å². The molecule has 0 aliphatic carbocycles. The third kappa shape index (κ3) is 5.29. The zero-order valence-corrected chi connectivity index (χ0v) is 11.5. The normalized spacial score (nSPS) is 12.1. The molecule has 0 atom stereocenters. The van der Waals surface area contributed by atoms with Gasteiger partial charge in [-0.05, 0) is 51.0 Å². The summed E-state index contributed by atoms with van der Waals surface area (Å²) < 4.78 is 0. The molecular weight excluding hydrogens is 210 g/mol. The summed E-state index contributed by atoms with van der Waals surface area (Å²) in [5, 5.41) is 0. The topological polar surface area (TPSA) is 42.1 Å². The fourth-order valence-electron chi connectivity index (χ4n) is 1.64. The Morgan fingerprint density at radius 3 is 2.65 bits per heavy atom. The number of nitrogens with zero attached hydrogens (tertiary/aromatic N) is 2. The highest BCUT2D eigenvalue weighted by Gasteiger charge is 2.16. The maximum absolute atomic E-state index is 5.73. The average molecular weight is 235 g/mol. The van der Waals surface area contributed by atoms with Crippen LogP contribution in [0, 0.1) is 12.3 Å². The van der Waals surface area contributed by atoms with Crippen molar-refractivity contribution in [3.8, 4) is 0 Å². The zero-order chi connectivity index (χ0) is 12.9. The van der Waals surface area contributed by atoms with Crippen molar-refractivity contribution in [1.29, 1.82) is 0 Å². The van der Waals surface area contributed by atoms with Crippen LogP contribution in [0.1, 0.15) is 31.7 Å². The van der Waals surface area contributed by atoms with Gasteiger partial charge in [-0.3, -0.25) is 4.98 Å². The Labute approximate surface area is 105 Å². The van der Waals surface area contributed by atoms with Crippen molar-refractivity contribution in [2.75, 3.05) is 20.1 Å². The molecule has 1 aromatic heterocycles. The summed E-state index contributed by atoms with van der Waals surface area (Å²) in [6.45, 7) is 9.16. The van der Waals surface area contributed by atoms with Crippen LogP contribution in [-0.2, 0) is 6.54 Å². The van der Waals surface area contributed by atoms with Crippen LogP contribution in [0.5, 0.6) is 0 Å². The maximum atomic E-state index is 5.73. The van der Waals surface area contributed by atoms with E-state index in [1.807, 2.05) is 13.0 Å². The second kappa shape index (κ2) is 6.12. The molecule has 0 unspecified atom stereocenters. The van der Waals surface area contributed by atoms with Gasteiger partial charge in [0.15, 0.2) is 0 Å². The summed E-state index contributed by atoms with van der Waals surface area (Å²) in [5.41, 5.74) is 8.18. The van der Waals surface area contributed by atoms with Crippen LogP contribution >= 0.6 is 0 Å². The highest BCUT2D eigenvalue weighted by Crippen LogP contribution is 2.18. The minimum atomic E-state index is 0.230. The molecule has 1 rings (SSSR count). The number of aryl methyl sites for hydroxylation is 1. The Balaban J connectivity index is 2.42. The van der Waals surface area contributed by atoms with E-state index in [0.717, 1.165) is 37.4 Å². The summed E-state index contributed by atoms with van der Waals surface area (Å²) in [5.74, 6) is 0. The maximum Gasteiger partial charge on any atom is 0.0547 e. The van der Waals surface area contributed by atoms with Crippen LogP contribution in [-0.4, -0.2) is 30.0 Å². The largest absolute Gasteiger partial charge is 0.330 e. The van der Waals surface area contributed by atoms with E-state index in [1.54, 1.807) is 0 Å². The first-order chi connectivity index (χ1) is 7.93. The first-order valence-corrected chi connectivity index (χ1v) is 6.24. The summed E-state index contributed by atoms with van der Waals surface area (Å²) in [7, 11) is 2.14. The van der Waals surface area contributed by atoms with Crippen LogP contribution in [0.25, 0.3) is 0 Å². The third-order valence-corrected chi connectivity index (χ3v) is 3.10. The van der Waals surface area contributed by atoms with Crippen molar-refractivity contribution in [3.63, 3.8) is 0 Å². The number of hydrogen-bond acceptors (Lipinski definition) is 3. The molecule has 1 heterocycles. The van der Waals surface area contributed by atoms with Crippen molar-refractivity contribution in [3.05, 3.63) is 29.6 Å². The lowest BCUT2D eigenvalue weighted by atomic mass is 9.89. The van der Waals surface area contributed by atoms with Gasteiger partial charge in [-0.25, -0.2) is 0 Å². The van der Waals surface area contributed by atoms with Crippen molar-refractivity contribution < 1.29 is 0 Å². The quantitative estimate of drug-likeness (QED) is 0.822. The monoisotopic (exact) mass is 235 g/mol. The molecule has 0 radical (unpaired) electrons. The fourth-order valence-corrected chi connectivity index (χ4v) is 1.64. The van der Waals surface area contributed by atoms with Gasteiger partial charge in [0.25, 0.3) is 0 Å². The molecule has 2 N–H and O–H groups in total. The van der Waals surface area contributed by atoms with Gasteiger partial charge < -0.3 is 10.6 Å². The second-order valence-electron chi connectivity index (χ2n) is 5.63. The zero-order valence-electron chi connectivity index (χ0n) is 11.5. The predicted octanol–water partition coefficient (Wildman–Crippen LogP) is 2.20. The van der Waals surface area contributed by atoms with Gasteiger partial charge in [0.1, 0.15) is 0 Å². The number of rotatable bonds is 6. The van der Waals surface area contributed by atoms with Crippen LogP contribution in [0.2, 0.25) is 0 Å². The lowest BCUT2D eigenvalue weighted by molar-refractivity contribution is 0.247. The molecule has 0 aromatic carbocycles. The van der Waals surface area contributed by atoms with Crippen molar-refractivity contribution in [2.45, 2.75) is 33.7 Å². The fraction of sp³-hybridized carbons (Fsp3) is 0.643. The van der Waals surface area contributed by atoms with Crippen molar-refractivity contribution >= 4 is 0 Å². The smallest absolute Gasteiger partial charge is 0.0547 e. The van der Waals surface area contributed by atoms with Crippen LogP contribution in [0.4, 0.5) is 0 Å². The Morgan fingerprint density at radius 2 is 2.06 bits per heavy atom. The van der Waals surface area contributed by atoms with Crippen LogP contribution < -0.4 is 5.73 Å². The van der Waals surface area contributed by atoms with Gasteiger partial charge in [0.05, 0.1) is 5.69 Å². The van der Waals surface area contributed by atoms with E-state index in [-0.39, 0.29) is 5.41 Å². The van der Waals surface area contributed by atoms with Gasteiger partial charge in [0, 0.05) is 12.2 Å². The first-order valence-electron chi connectivity index (χ1n) is 6.24. The molecule has 0 bridgehead atoms. The highest BCUT2D eigenvalue weighted by molar-refractivity contribution is 5.09. The molecule has 96 valence electrons. The first kappa shape index (κ1) is 14.1. The van der Waals surface area contributed by atoms with Crippen molar-refractivity contribution in [2.24, 2.45) is 11.1 Å². The molecule has 0 saturated heterocycles. The summed E-state index contributed by atoms with van der Waals surface area (Å²) in [6.07, 6.45) is 1.12. The minimum Gasteiger partial charge on any atom is -0.330 e. The molecular formula is C14H25N3. The Hall–Kier alpha value is -0.930. The minimum absolute atomic E-state index is 0.230. The molecule has 1 aromatic rings. The molecule has 0 fully saturated rings. The molecule has 17 heavy (non-hydrogen) atoms. The summed E-state index contributed by atoms with van der Waals surface area (Å²) in [6, 6.07) is 6.17. The standard InChI is InChI=1S/C14H25N3/c1-12-6-5-7-13(16-12)10-17(4)9-8-14(2,3)11-15/h5-7H,8-11,15H2,1-4H3. The van der Waals surface area contributed by atoms with E-state index >= 15 is 0 Å². The van der Waals surface area contributed by atoms with Crippen LogP contribution in [0.3, 0.4) is 0 Å². The number of pyridine rings is 1. The second-order valence-corrected chi connectivity index (χ2v) is 5.63. The van der Waals surface area contributed by atoms with E-state index in [0.29, 0.717) is 0 Å². The Bertz CT molecular complexity index is 347. The molecule has 3 heteroatoms. The number of hydrogen-bond donors (Lipinski definition) is 1. The third-order valence-electron chi connectivity index (χ3n) is 3.10. The molecule has 0 amide bonds. The lowest BCUT2D eigenvalue weighted by Gasteiger charge is -2.25. The Morgan fingerprint density at radius 1 is 1.35 bits per heavy atom. The van der Waals surface area contributed by atoms with E-state index < -0.39 is 0 Å². The van der Waals surface area contributed by atoms with Crippen LogP contribution in [0.15, 0.2) is 18.2 Å². The average Bonchev–Trinajstić information content (AvgIpc) is 2.27. The number of aromatic nitrogens is 1.